The fraction of sp³-hybridized carbons (Fsp3) is 0.647. The topological polar surface area (TPSA) is 21.3 Å². The maximum Gasteiger partial charge on any atom is 0.0725 e. The van der Waals surface area contributed by atoms with Crippen molar-refractivity contribution in [3.63, 3.8) is 0 Å². The summed E-state index contributed by atoms with van der Waals surface area (Å²) in [5.74, 6) is 0.826. The molecular weight excluding hydrogens is 234 g/mol. The molecule has 1 atom stereocenters. The van der Waals surface area contributed by atoms with Crippen LogP contribution in [0.25, 0.3) is 0 Å². The van der Waals surface area contributed by atoms with E-state index in [9.17, 15) is 0 Å². The lowest BCUT2D eigenvalue weighted by Gasteiger charge is -2.25. The molecule has 1 heterocycles. The van der Waals surface area contributed by atoms with Crippen LogP contribution in [0.5, 0.6) is 0 Å². The first-order valence-electron chi connectivity index (χ1n) is 7.81. The van der Waals surface area contributed by atoms with Gasteiger partial charge in [-0.15, -0.1) is 0 Å². The fourth-order valence-corrected chi connectivity index (χ4v) is 3.53. The van der Waals surface area contributed by atoms with Crippen LogP contribution < -0.4 is 5.32 Å². The highest BCUT2D eigenvalue weighted by Gasteiger charge is 2.26. The second-order valence-electron chi connectivity index (χ2n) is 6.00. The van der Waals surface area contributed by atoms with Gasteiger partial charge < -0.3 is 10.1 Å². The number of benzene rings is 1. The molecule has 2 heteroatoms. The molecule has 0 spiro atoms. The van der Waals surface area contributed by atoms with E-state index in [0.717, 1.165) is 25.7 Å². The van der Waals surface area contributed by atoms with E-state index in [2.05, 4.69) is 30.4 Å². The Morgan fingerprint density at radius 3 is 2.79 bits per heavy atom. The van der Waals surface area contributed by atoms with E-state index in [0.29, 0.717) is 6.04 Å². The third kappa shape index (κ3) is 2.85. The van der Waals surface area contributed by atoms with Crippen molar-refractivity contribution in [2.45, 2.75) is 58.3 Å². The van der Waals surface area contributed by atoms with Gasteiger partial charge in [-0.2, -0.15) is 0 Å². The highest BCUT2D eigenvalue weighted by atomic mass is 16.5. The zero-order valence-electron chi connectivity index (χ0n) is 12.0. The third-order valence-corrected chi connectivity index (χ3v) is 4.59. The molecule has 0 amide bonds. The van der Waals surface area contributed by atoms with E-state index < -0.39 is 0 Å². The average Bonchev–Trinajstić information content (AvgIpc) is 3.09. The minimum atomic E-state index is 0.549. The molecule has 19 heavy (non-hydrogen) atoms. The Kier molecular flexibility index (Phi) is 4.19. The van der Waals surface area contributed by atoms with Crippen LogP contribution in [0.1, 0.15) is 61.8 Å². The Hall–Kier alpha value is -0.860. The Bertz CT molecular complexity index is 423. The predicted octanol–water partition coefficient (Wildman–Crippen LogP) is 3.95. The summed E-state index contributed by atoms with van der Waals surface area (Å²) in [6.45, 7) is 4.96. The molecule has 1 saturated carbocycles. The smallest absolute Gasteiger partial charge is 0.0725 e. The molecule has 1 N–H and O–H groups in total. The van der Waals surface area contributed by atoms with Gasteiger partial charge in [0.05, 0.1) is 13.2 Å². The average molecular weight is 259 g/mol. The van der Waals surface area contributed by atoms with Crippen molar-refractivity contribution in [3.8, 4) is 0 Å². The number of hydrogen-bond acceptors (Lipinski definition) is 2. The van der Waals surface area contributed by atoms with Crippen LogP contribution in [0.15, 0.2) is 18.2 Å². The van der Waals surface area contributed by atoms with Crippen LogP contribution in [0.2, 0.25) is 0 Å². The minimum absolute atomic E-state index is 0.549. The number of nitrogens with one attached hydrogen (secondary N) is 1. The van der Waals surface area contributed by atoms with Crippen LogP contribution in [-0.4, -0.2) is 6.54 Å². The normalized spacial score (nSPS) is 20.7. The molecule has 1 fully saturated rings. The lowest BCUT2D eigenvalue weighted by molar-refractivity contribution is 0.134. The molecule has 0 bridgehead atoms. The van der Waals surface area contributed by atoms with E-state index in [1.54, 1.807) is 0 Å². The monoisotopic (exact) mass is 259 g/mol. The van der Waals surface area contributed by atoms with Gasteiger partial charge in [-0.3, -0.25) is 0 Å². The van der Waals surface area contributed by atoms with Gasteiger partial charge in [0.1, 0.15) is 0 Å². The molecule has 0 radical (unpaired) electrons. The molecule has 1 unspecified atom stereocenters. The highest BCUT2D eigenvalue weighted by molar-refractivity contribution is 5.35. The standard InChI is InChI=1S/C17H25NO/c1-2-9-18-17(13-5-3-4-6-13)14-7-8-15-11-19-12-16(15)10-14/h7-8,10,13,17-18H,2-6,9,11-12H2,1H3. The first-order chi connectivity index (χ1) is 9.38. The second-order valence-corrected chi connectivity index (χ2v) is 6.00. The van der Waals surface area contributed by atoms with Gasteiger partial charge in [0.2, 0.25) is 0 Å². The number of fused-ring (bicyclic) bond motifs is 1. The van der Waals surface area contributed by atoms with Gasteiger partial charge in [-0.25, -0.2) is 0 Å². The van der Waals surface area contributed by atoms with Crippen LogP contribution in [0.3, 0.4) is 0 Å². The van der Waals surface area contributed by atoms with Crippen molar-refractivity contribution >= 4 is 0 Å². The highest BCUT2D eigenvalue weighted by Crippen LogP contribution is 2.36. The van der Waals surface area contributed by atoms with Crippen LogP contribution >= 0.6 is 0 Å². The molecule has 2 nitrogen and oxygen atoms in total. The van der Waals surface area contributed by atoms with Crippen molar-refractivity contribution in [1.82, 2.24) is 5.32 Å². The Labute approximate surface area is 116 Å². The van der Waals surface area contributed by atoms with Gasteiger partial charge >= 0.3 is 0 Å². The summed E-state index contributed by atoms with van der Waals surface area (Å²) in [5.41, 5.74) is 4.26. The van der Waals surface area contributed by atoms with Crippen molar-refractivity contribution in [2.24, 2.45) is 5.92 Å². The van der Waals surface area contributed by atoms with Gasteiger partial charge in [-0.05, 0) is 48.4 Å². The van der Waals surface area contributed by atoms with Crippen LogP contribution in [0.4, 0.5) is 0 Å². The first kappa shape index (κ1) is 13.1. The zero-order valence-corrected chi connectivity index (χ0v) is 12.0. The molecule has 2 aliphatic rings. The number of ether oxygens (including phenoxy) is 1. The summed E-state index contributed by atoms with van der Waals surface area (Å²) < 4.78 is 5.54. The number of rotatable bonds is 5. The maximum absolute atomic E-state index is 5.54. The summed E-state index contributed by atoms with van der Waals surface area (Å²) >= 11 is 0. The molecule has 1 aromatic carbocycles. The molecule has 1 aliphatic carbocycles. The van der Waals surface area contributed by atoms with E-state index >= 15 is 0 Å². The molecule has 1 aromatic rings. The summed E-state index contributed by atoms with van der Waals surface area (Å²) in [7, 11) is 0. The van der Waals surface area contributed by atoms with Crippen molar-refractivity contribution < 1.29 is 4.74 Å². The second kappa shape index (κ2) is 6.06. The SMILES string of the molecule is CCCNC(c1ccc2c(c1)COC2)C1CCCC1. The third-order valence-electron chi connectivity index (χ3n) is 4.59. The Morgan fingerprint density at radius 2 is 2.00 bits per heavy atom. The Morgan fingerprint density at radius 1 is 1.21 bits per heavy atom. The number of hydrogen-bond donors (Lipinski definition) is 1. The molecule has 3 rings (SSSR count). The van der Waals surface area contributed by atoms with Crippen molar-refractivity contribution in [3.05, 3.63) is 34.9 Å². The summed E-state index contributed by atoms with van der Waals surface area (Å²) in [6.07, 6.45) is 6.78. The minimum Gasteiger partial charge on any atom is -0.372 e. The Balaban J connectivity index is 1.81. The van der Waals surface area contributed by atoms with E-state index in [4.69, 9.17) is 4.74 Å². The fourth-order valence-electron chi connectivity index (χ4n) is 3.53. The molecule has 0 aromatic heterocycles. The summed E-state index contributed by atoms with van der Waals surface area (Å²) in [5, 5.41) is 3.78. The van der Waals surface area contributed by atoms with Crippen molar-refractivity contribution in [1.29, 1.82) is 0 Å². The summed E-state index contributed by atoms with van der Waals surface area (Å²) in [4.78, 5) is 0. The van der Waals surface area contributed by atoms with Crippen molar-refractivity contribution in [2.75, 3.05) is 6.54 Å². The quantitative estimate of drug-likeness (QED) is 0.864. The van der Waals surface area contributed by atoms with Gasteiger partial charge in [0.25, 0.3) is 0 Å². The lowest BCUT2D eigenvalue weighted by atomic mass is 9.90. The molecule has 1 aliphatic heterocycles. The lowest BCUT2D eigenvalue weighted by Crippen LogP contribution is -2.28. The predicted molar refractivity (Wildman–Crippen MR) is 77.9 cm³/mol. The van der Waals surface area contributed by atoms with Gasteiger partial charge in [0.15, 0.2) is 0 Å². The van der Waals surface area contributed by atoms with Crippen LogP contribution in [-0.2, 0) is 18.0 Å². The van der Waals surface area contributed by atoms with Crippen LogP contribution in [0, 0.1) is 5.92 Å². The molecule has 0 saturated heterocycles. The molecule has 104 valence electrons. The summed E-state index contributed by atoms with van der Waals surface area (Å²) in [6, 6.07) is 7.52. The van der Waals surface area contributed by atoms with Gasteiger partial charge in [0, 0.05) is 6.04 Å². The first-order valence-corrected chi connectivity index (χ1v) is 7.81. The largest absolute Gasteiger partial charge is 0.372 e. The van der Waals surface area contributed by atoms with Gasteiger partial charge in [-0.1, -0.05) is 38.0 Å². The van der Waals surface area contributed by atoms with E-state index in [1.165, 1.54) is 48.8 Å². The maximum atomic E-state index is 5.54. The van der Waals surface area contributed by atoms with E-state index in [-0.39, 0.29) is 0 Å². The zero-order chi connectivity index (χ0) is 13.1. The molecular formula is C17H25NO. The van der Waals surface area contributed by atoms with E-state index in [1.807, 2.05) is 0 Å².